The Morgan fingerprint density at radius 1 is 1.53 bits per heavy atom. The molecule has 0 bridgehead atoms. The maximum Gasteiger partial charge on any atom is 0.318 e. The summed E-state index contributed by atoms with van der Waals surface area (Å²) in [5.74, 6) is 2.73. The summed E-state index contributed by atoms with van der Waals surface area (Å²) in [6, 6.07) is 6.18. The number of terminal acetylenes is 1. The van der Waals surface area contributed by atoms with Crippen LogP contribution < -0.4 is 5.32 Å². The van der Waals surface area contributed by atoms with Crippen LogP contribution in [0.5, 0.6) is 0 Å². The van der Waals surface area contributed by atoms with Crippen LogP contribution in [0.2, 0.25) is 0 Å². The van der Waals surface area contributed by atoms with Crippen molar-refractivity contribution in [2.24, 2.45) is 5.92 Å². The summed E-state index contributed by atoms with van der Waals surface area (Å²) in [5, 5.41) is 2.94. The van der Waals surface area contributed by atoms with Gasteiger partial charge in [0.05, 0.1) is 6.54 Å². The van der Waals surface area contributed by atoms with E-state index in [2.05, 4.69) is 18.2 Å². The highest BCUT2D eigenvalue weighted by atomic mass is 19.1. The van der Waals surface area contributed by atoms with Gasteiger partial charge in [0.25, 0.3) is 0 Å². The molecular weight excluding hydrogens is 243 g/mol. The number of amides is 2. The SMILES string of the molecule is C#CCN(Cc1ccc(F)cc1)C(=O)N[C@H]1C[C@H]1C. The zero-order valence-electron chi connectivity index (χ0n) is 10.9. The number of rotatable bonds is 4. The van der Waals surface area contributed by atoms with Crippen LogP contribution in [0.3, 0.4) is 0 Å². The van der Waals surface area contributed by atoms with E-state index in [0.717, 1.165) is 12.0 Å². The molecule has 0 saturated heterocycles. The number of benzene rings is 1. The van der Waals surface area contributed by atoms with E-state index in [1.165, 1.54) is 12.1 Å². The standard InChI is InChI=1S/C15H17FN2O/c1-3-8-18(15(19)17-14-9-11(14)2)10-12-4-6-13(16)7-5-12/h1,4-7,11,14H,8-10H2,2H3,(H,17,19)/t11-,14+/m1/s1. The van der Waals surface area contributed by atoms with Crippen molar-refractivity contribution in [3.05, 3.63) is 35.6 Å². The monoisotopic (exact) mass is 260 g/mol. The zero-order valence-corrected chi connectivity index (χ0v) is 10.9. The Labute approximate surface area is 112 Å². The van der Waals surface area contributed by atoms with Crippen molar-refractivity contribution in [3.8, 4) is 12.3 Å². The van der Waals surface area contributed by atoms with E-state index in [9.17, 15) is 9.18 Å². The van der Waals surface area contributed by atoms with E-state index in [1.807, 2.05) is 0 Å². The molecule has 1 aromatic carbocycles. The first kappa shape index (κ1) is 13.4. The van der Waals surface area contributed by atoms with Crippen LogP contribution in [0.1, 0.15) is 18.9 Å². The summed E-state index contributed by atoms with van der Waals surface area (Å²) in [6.07, 6.45) is 6.31. The molecule has 1 aliphatic rings. The molecular formula is C15H17FN2O. The number of nitrogens with one attached hydrogen (secondary N) is 1. The second-order valence-electron chi connectivity index (χ2n) is 4.96. The summed E-state index contributed by atoms with van der Waals surface area (Å²) in [6.45, 7) is 2.72. The number of hydrogen-bond acceptors (Lipinski definition) is 1. The number of halogens is 1. The Hall–Kier alpha value is -2.02. The van der Waals surface area contributed by atoms with Crippen LogP contribution in [-0.4, -0.2) is 23.5 Å². The second-order valence-corrected chi connectivity index (χ2v) is 4.96. The van der Waals surface area contributed by atoms with Crippen molar-refractivity contribution in [3.63, 3.8) is 0 Å². The van der Waals surface area contributed by atoms with E-state index in [1.54, 1.807) is 17.0 Å². The lowest BCUT2D eigenvalue weighted by Crippen LogP contribution is -2.41. The molecule has 0 aliphatic heterocycles. The molecule has 0 aromatic heterocycles. The van der Waals surface area contributed by atoms with Gasteiger partial charge in [0.1, 0.15) is 5.82 Å². The van der Waals surface area contributed by atoms with Crippen molar-refractivity contribution < 1.29 is 9.18 Å². The van der Waals surface area contributed by atoms with E-state index >= 15 is 0 Å². The minimum Gasteiger partial charge on any atom is -0.335 e. The van der Waals surface area contributed by atoms with Gasteiger partial charge in [0, 0.05) is 12.6 Å². The summed E-state index contributed by atoms with van der Waals surface area (Å²) >= 11 is 0. The van der Waals surface area contributed by atoms with Gasteiger partial charge in [-0.3, -0.25) is 0 Å². The fraction of sp³-hybridized carbons (Fsp3) is 0.400. The number of carbonyl (C=O) groups is 1. The van der Waals surface area contributed by atoms with E-state index < -0.39 is 0 Å². The third kappa shape index (κ3) is 3.72. The van der Waals surface area contributed by atoms with Gasteiger partial charge in [-0.25, -0.2) is 9.18 Å². The summed E-state index contributed by atoms with van der Waals surface area (Å²) in [7, 11) is 0. The van der Waals surface area contributed by atoms with Crippen molar-refractivity contribution in [1.29, 1.82) is 0 Å². The average Bonchev–Trinajstić information content (AvgIpc) is 3.07. The van der Waals surface area contributed by atoms with Crippen LogP contribution in [0.4, 0.5) is 9.18 Å². The fourth-order valence-corrected chi connectivity index (χ4v) is 1.89. The predicted molar refractivity (Wildman–Crippen MR) is 71.7 cm³/mol. The highest BCUT2D eigenvalue weighted by Crippen LogP contribution is 2.29. The van der Waals surface area contributed by atoms with Crippen LogP contribution in [0, 0.1) is 24.1 Å². The van der Waals surface area contributed by atoms with Crippen molar-refractivity contribution in [2.75, 3.05) is 6.54 Å². The lowest BCUT2D eigenvalue weighted by Gasteiger charge is -2.21. The molecule has 1 saturated carbocycles. The van der Waals surface area contributed by atoms with Crippen molar-refractivity contribution >= 4 is 6.03 Å². The highest BCUT2D eigenvalue weighted by molar-refractivity contribution is 5.75. The fourth-order valence-electron chi connectivity index (χ4n) is 1.89. The Balaban J connectivity index is 1.97. The van der Waals surface area contributed by atoms with Crippen LogP contribution >= 0.6 is 0 Å². The van der Waals surface area contributed by atoms with Gasteiger partial charge in [-0.15, -0.1) is 6.42 Å². The molecule has 1 aromatic rings. The van der Waals surface area contributed by atoms with Crippen LogP contribution in [0.25, 0.3) is 0 Å². The largest absolute Gasteiger partial charge is 0.335 e. The van der Waals surface area contributed by atoms with Crippen molar-refractivity contribution in [2.45, 2.75) is 25.9 Å². The van der Waals surface area contributed by atoms with Gasteiger partial charge in [-0.2, -0.15) is 0 Å². The Kier molecular flexibility index (Phi) is 4.06. The first-order chi connectivity index (χ1) is 9.10. The molecule has 2 atom stereocenters. The Bertz CT molecular complexity index is 492. The zero-order chi connectivity index (χ0) is 13.8. The molecule has 3 nitrogen and oxygen atoms in total. The molecule has 1 fully saturated rings. The van der Waals surface area contributed by atoms with Gasteiger partial charge in [0.15, 0.2) is 0 Å². The third-order valence-corrected chi connectivity index (χ3v) is 3.27. The summed E-state index contributed by atoms with van der Waals surface area (Å²) in [5.41, 5.74) is 0.857. The van der Waals surface area contributed by atoms with E-state index in [0.29, 0.717) is 12.5 Å². The first-order valence-electron chi connectivity index (χ1n) is 6.33. The van der Waals surface area contributed by atoms with Gasteiger partial charge in [-0.05, 0) is 30.0 Å². The minimum atomic E-state index is -0.288. The molecule has 0 heterocycles. The molecule has 2 amide bonds. The minimum absolute atomic E-state index is 0.156. The smallest absolute Gasteiger partial charge is 0.318 e. The summed E-state index contributed by atoms with van der Waals surface area (Å²) in [4.78, 5) is 13.6. The third-order valence-electron chi connectivity index (χ3n) is 3.27. The molecule has 4 heteroatoms. The molecule has 0 radical (unpaired) electrons. The molecule has 0 spiro atoms. The normalized spacial score (nSPS) is 20.5. The average molecular weight is 260 g/mol. The van der Waals surface area contributed by atoms with E-state index in [-0.39, 0.29) is 24.4 Å². The van der Waals surface area contributed by atoms with E-state index in [4.69, 9.17) is 6.42 Å². The maximum atomic E-state index is 12.8. The Morgan fingerprint density at radius 2 is 2.16 bits per heavy atom. The van der Waals surface area contributed by atoms with Gasteiger partial charge in [0.2, 0.25) is 0 Å². The lowest BCUT2D eigenvalue weighted by atomic mass is 10.2. The van der Waals surface area contributed by atoms with Crippen molar-refractivity contribution in [1.82, 2.24) is 10.2 Å². The molecule has 100 valence electrons. The topological polar surface area (TPSA) is 32.3 Å². The molecule has 19 heavy (non-hydrogen) atoms. The second kappa shape index (κ2) is 5.75. The maximum absolute atomic E-state index is 12.8. The van der Waals surface area contributed by atoms with Crippen LogP contribution in [-0.2, 0) is 6.54 Å². The molecule has 1 N–H and O–H groups in total. The summed E-state index contributed by atoms with van der Waals surface area (Å²) < 4.78 is 12.8. The number of urea groups is 1. The number of carbonyl (C=O) groups excluding carboxylic acids is 1. The number of hydrogen-bond donors (Lipinski definition) is 1. The van der Waals surface area contributed by atoms with Gasteiger partial charge in [-0.1, -0.05) is 25.0 Å². The van der Waals surface area contributed by atoms with Crippen LogP contribution in [0.15, 0.2) is 24.3 Å². The van der Waals surface area contributed by atoms with Gasteiger partial charge >= 0.3 is 6.03 Å². The first-order valence-corrected chi connectivity index (χ1v) is 6.33. The lowest BCUT2D eigenvalue weighted by molar-refractivity contribution is 0.201. The quantitative estimate of drug-likeness (QED) is 0.828. The number of nitrogens with zero attached hydrogens (tertiary/aromatic N) is 1. The molecule has 0 unspecified atom stereocenters. The highest BCUT2D eigenvalue weighted by Gasteiger charge is 2.34. The predicted octanol–water partition coefficient (Wildman–Crippen LogP) is 2.38. The Morgan fingerprint density at radius 3 is 2.68 bits per heavy atom. The van der Waals surface area contributed by atoms with Gasteiger partial charge < -0.3 is 10.2 Å². The molecule has 2 rings (SSSR count). The molecule has 1 aliphatic carbocycles.